The maximum absolute atomic E-state index is 9.49. The van der Waals surface area contributed by atoms with Gasteiger partial charge < -0.3 is 14.7 Å². The topological polar surface area (TPSA) is 45.6 Å². The maximum atomic E-state index is 9.49. The smallest absolute Gasteiger partial charge is 0.129 e. The molecule has 2 rings (SSSR count). The summed E-state index contributed by atoms with van der Waals surface area (Å²) in [6.45, 7) is 8.06. The number of anilines is 1. The van der Waals surface area contributed by atoms with Crippen LogP contribution in [-0.2, 0) is 16.8 Å². The number of hydrogen-bond acceptors (Lipinski definition) is 4. The molecular formula is C16H26N2O2. The first-order valence-corrected chi connectivity index (χ1v) is 7.33. The fourth-order valence-electron chi connectivity index (χ4n) is 2.25. The number of aromatic nitrogens is 1. The van der Waals surface area contributed by atoms with Crippen LogP contribution < -0.4 is 4.90 Å². The Morgan fingerprint density at radius 2 is 2.05 bits per heavy atom. The molecule has 1 aliphatic carbocycles. The summed E-state index contributed by atoms with van der Waals surface area (Å²) in [5.74, 6) is 0.973. The van der Waals surface area contributed by atoms with Crippen molar-refractivity contribution in [3.05, 3.63) is 23.4 Å². The zero-order chi connectivity index (χ0) is 14.8. The van der Waals surface area contributed by atoms with E-state index in [0.717, 1.165) is 23.6 Å². The van der Waals surface area contributed by atoms with E-state index >= 15 is 0 Å². The quantitative estimate of drug-likeness (QED) is 0.868. The predicted molar refractivity (Wildman–Crippen MR) is 81.1 cm³/mol. The molecule has 0 aliphatic heterocycles. The van der Waals surface area contributed by atoms with Gasteiger partial charge in [-0.3, -0.25) is 0 Å². The number of ether oxygens (including phenoxy) is 1. The van der Waals surface area contributed by atoms with Gasteiger partial charge in [0.1, 0.15) is 5.82 Å². The second kappa shape index (κ2) is 6.10. The third kappa shape index (κ3) is 3.70. The fourth-order valence-corrected chi connectivity index (χ4v) is 2.25. The van der Waals surface area contributed by atoms with Crippen LogP contribution in [0.1, 0.15) is 44.9 Å². The van der Waals surface area contributed by atoms with Gasteiger partial charge in [-0.2, -0.15) is 0 Å². The monoisotopic (exact) mass is 278 g/mol. The zero-order valence-corrected chi connectivity index (χ0v) is 13.0. The Morgan fingerprint density at radius 1 is 1.35 bits per heavy atom. The molecule has 1 N–H and O–H groups in total. The van der Waals surface area contributed by atoms with Crippen LogP contribution in [0.3, 0.4) is 0 Å². The molecule has 1 aromatic rings. The van der Waals surface area contributed by atoms with Crippen LogP contribution >= 0.6 is 0 Å². The van der Waals surface area contributed by atoms with Gasteiger partial charge in [0.15, 0.2) is 0 Å². The van der Waals surface area contributed by atoms with Crippen molar-refractivity contribution < 1.29 is 9.84 Å². The Bertz CT molecular complexity index is 450. The lowest BCUT2D eigenvalue weighted by Gasteiger charge is -2.27. The maximum Gasteiger partial charge on any atom is 0.129 e. The minimum Gasteiger partial charge on any atom is -0.392 e. The summed E-state index contributed by atoms with van der Waals surface area (Å²) in [6.07, 6.45) is 2.44. The van der Waals surface area contributed by atoms with E-state index in [1.807, 2.05) is 12.1 Å². The minimum atomic E-state index is -0.0175. The van der Waals surface area contributed by atoms with Gasteiger partial charge in [-0.15, -0.1) is 0 Å². The van der Waals surface area contributed by atoms with Crippen LogP contribution in [0.5, 0.6) is 0 Å². The largest absolute Gasteiger partial charge is 0.392 e. The van der Waals surface area contributed by atoms with Crippen molar-refractivity contribution in [2.45, 2.75) is 51.7 Å². The molecule has 1 aliphatic rings. The fraction of sp³-hybridized carbons (Fsp3) is 0.688. The van der Waals surface area contributed by atoms with Crippen LogP contribution in [-0.4, -0.2) is 36.4 Å². The highest BCUT2D eigenvalue weighted by molar-refractivity contribution is 5.46. The summed E-state index contributed by atoms with van der Waals surface area (Å²) in [4.78, 5) is 7.14. The van der Waals surface area contributed by atoms with Gasteiger partial charge in [-0.25, -0.2) is 4.98 Å². The molecule has 0 amide bonds. The van der Waals surface area contributed by atoms with Gasteiger partial charge >= 0.3 is 0 Å². The Hall–Kier alpha value is -1.13. The molecule has 112 valence electrons. The van der Waals surface area contributed by atoms with Gasteiger partial charge in [0.25, 0.3) is 0 Å². The first-order chi connectivity index (χ1) is 9.45. The number of aliphatic hydroxyl groups is 1. The minimum absolute atomic E-state index is 0.0175. The molecule has 0 atom stereocenters. The van der Waals surface area contributed by atoms with Gasteiger partial charge in [-0.1, -0.05) is 20.8 Å². The van der Waals surface area contributed by atoms with E-state index in [9.17, 15) is 5.11 Å². The van der Waals surface area contributed by atoms with Crippen molar-refractivity contribution in [3.63, 3.8) is 0 Å². The average molecular weight is 278 g/mol. The summed E-state index contributed by atoms with van der Waals surface area (Å²) in [5.41, 5.74) is 1.95. The van der Waals surface area contributed by atoms with Gasteiger partial charge in [0.05, 0.1) is 13.2 Å². The molecule has 0 saturated heterocycles. The third-order valence-electron chi connectivity index (χ3n) is 3.64. The normalized spacial score (nSPS) is 15.4. The Labute approximate surface area is 121 Å². The van der Waals surface area contributed by atoms with E-state index in [1.54, 1.807) is 7.11 Å². The van der Waals surface area contributed by atoms with Crippen LogP contribution in [0.15, 0.2) is 12.1 Å². The van der Waals surface area contributed by atoms with Crippen molar-refractivity contribution in [1.29, 1.82) is 0 Å². The lowest BCUT2D eigenvalue weighted by molar-refractivity contribution is 0.204. The average Bonchev–Trinajstić information content (AvgIpc) is 3.22. The van der Waals surface area contributed by atoms with E-state index in [0.29, 0.717) is 12.6 Å². The number of nitrogens with zero attached hydrogens (tertiary/aromatic N) is 2. The van der Waals surface area contributed by atoms with Crippen molar-refractivity contribution in [3.8, 4) is 0 Å². The van der Waals surface area contributed by atoms with Gasteiger partial charge in [0, 0.05) is 30.8 Å². The molecule has 0 spiro atoms. The lowest BCUT2D eigenvalue weighted by atomic mass is 9.91. The van der Waals surface area contributed by atoms with Gasteiger partial charge in [0.2, 0.25) is 0 Å². The standard InChI is InChI=1S/C16H26N2O2/c1-16(2,3)14-9-12(11-19)10-15(17-14)18(7-8-20-4)13-5-6-13/h9-10,13,19H,5-8,11H2,1-4H3. The number of aliphatic hydroxyl groups excluding tert-OH is 1. The summed E-state index contributed by atoms with van der Waals surface area (Å²) in [6, 6.07) is 4.59. The van der Waals surface area contributed by atoms with E-state index in [1.165, 1.54) is 12.8 Å². The number of hydrogen-bond donors (Lipinski definition) is 1. The second-order valence-electron chi connectivity index (χ2n) is 6.54. The van der Waals surface area contributed by atoms with Crippen LogP contribution in [0, 0.1) is 0 Å². The molecule has 20 heavy (non-hydrogen) atoms. The summed E-state index contributed by atoms with van der Waals surface area (Å²) >= 11 is 0. The molecule has 0 unspecified atom stereocenters. The molecule has 1 heterocycles. The molecule has 1 saturated carbocycles. The highest BCUT2D eigenvalue weighted by atomic mass is 16.5. The van der Waals surface area contributed by atoms with Crippen molar-refractivity contribution in [2.24, 2.45) is 0 Å². The van der Waals surface area contributed by atoms with E-state index in [-0.39, 0.29) is 12.0 Å². The van der Waals surface area contributed by atoms with Gasteiger partial charge in [-0.05, 0) is 30.5 Å². The van der Waals surface area contributed by atoms with Crippen molar-refractivity contribution in [1.82, 2.24) is 4.98 Å². The van der Waals surface area contributed by atoms with Crippen LogP contribution in [0.2, 0.25) is 0 Å². The highest BCUT2D eigenvalue weighted by Gasteiger charge is 2.30. The molecule has 1 aromatic heterocycles. The lowest BCUT2D eigenvalue weighted by Crippen LogP contribution is -2.31. The molecule has 4 nitrogen and oxygen atoms in total. The predicted octanol–water partition coefficient (Wildman–Crippen LogP) is 2.49. The second-order valence-corrected chi connectivity index (χ2v) is 6.54. The molecule has 0 aromatic carbocycles. The van der Waals surface area contributed by atoms with Crippen LogP contribution in [0.4, 0.5) is 5.82 Å². The van der Waals surface area contributed by atoms with Crippen LogP contribution in [0.25, 0.3) is 0 Å². The molecule has 0 radical (unpaired) electrons. The van der Waals surface area contributed by atoms with Crippen molar-refractivity contribution >= 4 is 5.82 Å². The first kappa shape index (κ1) is 15.3. The first-order valence-electron chi connectivity index (χ1n) is 7.33. The molecule has 4 heteroatoms. The van der Waals surface area contributed by atoms with E-state index in [4.69, 9.17) is 9.72 Å². The summed E-state index contributed by atoms with van der Waals surface area (Å²) in [7, 11) is 1.73. The highest BCUT2D eigenvalue weighted by Crippen LogP contribution is 2.32. The molecular weight excluding hydrogens is 252 g/mol. The SMILES string of the molecule is COCCN(c1cc(CO)cc(C(C)(C)C)n1)C1CC1. The van der Waals surface area contributed by atoms with E-state index in [2.05, 4.69) is 25.7 Å². The number of pyridine rings is 1. The Kier molecular flexibility index (Phi) is 4.66. The molecule has 1 fully saturated rings. The Morgan fingerprint density at radius 3 is 2.55 bits per heavy atom. The summed E-state index contributed by atoms with van der Waals surface area (Å²) < 4.78 is 5.21. The third-order valence-corrected chi connectivity index (χ3v) is 3.64. The van der Waals surface area contributed by atoms with E-state index < -0.39 is 0 Å². The molecule has 0 bridgehead atoms. The number of methoxy groups -OCH3 is 1. The Balaban J connectivity index is 2.32. The van der Waals surface area contributed by atoms with Crippen molar-refractivity contribution in [2.75, 3.05) is 25.2 Å². The summed E-state index contributed by atoms with van der Waals surface area (Å²) in [5, 5.41) is 9.49. The number of rotatable bonds is 6. The zero-order valence-electron chi connectivity index (χ0n) is 13.0.